The normalized spacial score (nSPS) is 23.1. The molecular formula is C13H18BrNO2S. The molecule has 2 rings (SSSR count). The zero-order chi connectivity index (χ0) is 13.2. The lowest BCUT2D eigenvalue weighted by molar-refractivity contribution is -0.156. The average molecular weight is 332 g/mol. The molecule has 1 unspecified atom stereocenters. The second kappa shape index (κ2) is 5.72. The molecular weight excluding hydrogens is 314 g/mol. The Labute approximate surface area is 120 Å². The van der Waals surface area contributed by atoms with Crippen molar-refractivity contribution in [2.75, 3.05) is 18.4 Å². The van der Waals surface area contributed by atoms with Gasteiger partial charge in [-0.25, -0.2) is 0 Å². The summed E-state index contributed by atoms with van der Waals surface area (Å²) in [4.78, 5) is 15.3. The summed E-state index contributed by atoms with van der Waals surface area (Å²) < 4.78 is 5.90. The standard InChI is InChI=1S/C13H18BrNO2S/c1-13(2)9-15(8-10(7-14)17-13)12(16)6-11-4-3-5-18-11/h3-5,10H,6-9H2,1-2H3. The van der Waals surface area contributed by atoms with Crippen molar-refractivity contribution in [2.24, 2.45) is 0 Å². The summed E-state index contributed by atoms with van der Waals surface area (Å²) in [5.74, 6) is 0.194. The lowest BCUT2D eigenvalue weighted by Gasteiger charge is -2.42. The summed E-state index contributed by atoms with van der Waals surface area (Å²) in [6, 6.07) is 3.99. The highest BCUT2D eigenvalue weighted by molar-refractivity contribution is 9.09. The van der Waals surface area contributed by atoms with E-state index in [1.54, 1.807) is 11.3 Å². The molecule has 1 aromatic rings. The summed E-state index contributed by atoms with van der Waals surface area (Å²) in [7, 11) is 0. The Morgan fingerprint density at radius 2 is 2.44 bits per heavy atom. The van der Waals surface area contributed by atoms with E-state index < -0.39 is 0 Å². The number of hydrogen-bond donors (Lipinski definition) is 0. The van der Waals surface area contributed by atoms with E-state index in [1.807, 2.05) is 36.3 Å². The van der Waals surface area contributed by atoms with Crippen molar-refractivity contribution in [1.82, 2.24) is 4.90 Å². The van der Waals surface area contributed by atoms with E-state index in [9.17, 15) is 4.79 Å². The first-order valence-corrected chi connectivity index (χ1v) is 8.04. The number of carbonyl (C=O) groups is 1. The largest absolute Gasteiger partial charge is 0.368 e. The third-order valence-corrected chi connectivity index (χ3v) is 4.51. The molecule has 5 heteroatoms. The third kappa shape index (κ3) is 3.56. The Hall–Kier alpha value is -0.390. The topological polar surface area (TPSA) is 29.5 Å². The summed E-state index contributed by atoms with van der Waals surface area (Å²) >= 11 is 5.07. The van der Waals surface area contributed by atoms with Gasteiger partial charge in [0, 0.05) is 23.3 Å². The fraction of sp³-hybridized carbons (Fsp3) is 0.615. The Morgan fingerprint density at radius 3 is 3.06 bits per heavy atom. The molecule has 1 aliphatic rings. The first kappa shape index (κ1) is 14.0. The van der Waals surface area contributed by atoms with Crippen LogP contribution in [0.2, 0.25) is 0 Å². The van der Waals surface area contributed by atoms with Crippen LogP contribution in [0.3, 0.4) is 0 Å². The Kier molecular flexibility index (Phi) is 4.45. The number of alkyl halides is 1. The second-order valence-corrected chi connectivity index (χ2v) is 6.86. The molecule has 0 bridgehead atoms. The van der Waals surface area contributed by atoms with Crippen LogP contribution in [0.4, 0.5) is 0 Å². The molecule has 0 radical (unpaired) electrons. The van der Waals surface area contributed by atoms with Crippen LogP contribution in [0.5, 0.6) is 0 Å². The molecule has 0 N–H and O–H groups in total. The molecule has 1 aromatic heterocycles. The quantitative estimate of drug-likeness (QED) is 0.797. The van der Waals surface area contributed by atoms with Gasteiger partial charge in [-0.15, -0.1) is 11.3 Å². The Balaban J connectivity index is 2.00. The highest BCUT2D eigenvalue weighted by atomic mass is 79.9. The zero-order valence-electron chi connectivity index (χ0n) is 10.7. The first-order valence-electron chi connectivity index (χ1n) is 6.04. The van der Waals surface area contributed by atoms with Gasteiger partial charge in [0.2, 0.25) is 5.91 Å². The van der Waals surface area contributed by atoms with Gasteiger partial charge < -0.3 is 9.64 Å². The van der Waals surface area contributed by atoms with Gasteiger partial charge in [0.1, 0.15) is 0 Å². The monoisotopic (exact) mass is 331 g/mol. The molecule has 100 valence electrons. The molecule has 2 heterocycles. The van der Waals surface area contributed by atoms with Crippen LogP contribution in [-0.2, 0) is 16.0 Å². The lowest BCUT2D eigenvalue weighted by Crippen LogP contribution is -2.55. The smallest absolute Gasteiger partial charge is 0.228 e. The number of thiophene rings is 1. The molecule has 1 amide bonds. The number of nitrogens with zero attached hydrogens (tertiary/aromatic N) is 1. The Bertz CT molecular complexity index is 405. The minimum atomic E-state index is -0.262. The van der Waals surface area contributed by atoms with Crippen molar-refractivity contribution in [1.29, 1.82) is 0 Å². The summed E-state index contributed by atoms with van der Waals surface area (Å²) in [6.45, 7) is 5.42. The molecule has 1 atom stereocenters. The van der Waals surface area contributed by atoms with Crippen molar-refractivity contribution in [3.8, 4) is 0 Å². The van der Waals surface area contributed by atoms with Gasteiger partial charge in [-0.2, -0.15) is 0 Å². The minimum Gasteiger partial charge on any atom is -0.368 e. The predicted molar refractivity (Wildman–Crippen MR) is 77.3 cm³/mol. The van der Waals surface area contributed by atoms with Gasteiger partial charge in [-0.05, 0) is 25.3 Å². The van der Waals surface area contributed by atoms with Crippen LogP contribution in [0.1, 0.15) is 18.7 Å². The van der Waals surface area contributed by atoms with E-state index in [4.69, 9.17) is 4.74 Å². The van der Waals surface area contributed by atoms with Crippen LogP contribution in [0.25, 0.3) is 0 Å². The third-order valence-electron chi connectivity index (χ3n) is 2.91. The van der Waals surface area contributed by atoms with E-state index >= 15 is 0 Å². The van der Waals surface area contributed by atoms with Crippen LogP contribution < -0.4 is 0 Å². The van der Waals surface area contributed by atoms with Crippen LogP contribution in [-0.4, -0.2) is 40.9 Å². The molecule has 3 nitrogen and oxygen atoms in total. The molecule has 18 heavy (non-hydrogen) atoms. The second-order valence-electron chi connectivity index (χ2n) is 5.18. The van der Waals surface area contributed by atoms with Gasteiger partial charge in [0.15, 0.2) is 0 Å². The van der Waals surface area contributed by atoms with Gasteiger partial charge in [0.05, 0.1) is 18.1 Å². The maximum absolute atomic E-state index is 12.3. The maximum Gasteiger partial charge on any atom is 0.228 e. The van der Waals surface area contributed by atoms with Gasteiger partial charge in [-0.3, -0.25) is 4.79 Å². The van der Waals surface area contributed by atoms with Crippen LogP contribution >= 0.6 is 27.3 Å². The molecule has 1 aliphatic heterocycles. The van der Waals surface area contributed by atoms with Gasteiger partial charge in [0.25, 0.3) is 0 Å². The van der Waals surface area contributed by atoms with Gasteiger partial charge in [-0.1, -0.05) is 22.0 Å². The zero-order valence-corrected chi connectivity index (χ0v) is 13.1. The Morgan fingerprint density at radius 1 is 1.67 bits per heavy atom. The van der Waals surface area contributed by atoms with Gasteiger partial charge >= 0.3 is 0 Å². The molecule has 0 aliphatic carbocycles. The lowest BCUT2D eigenvalue weighted by atomic mass is 10.1. The number of rotatable bonds is 3. The highest BCUT2D eigenvalue weighted by Crippen LogP contribution is 2.23. The van der Waals surface area contributed by atoms with E-state index in [-0.39, 0.29) is 17.6 Å². The molecule has 0 aromatic carbocycles. The number of hydrogen-bond acceptors (Lipinski definition) is 3. The number of ether oxygens (including phenoxy) is 1. The van der Waals surface area contributed by atoms with Crippen LogP contribution in [0, 0.1) is 0 Å². The van der Waals surface area contributed by atoms with E-state index in [0.717, 1.165) is 10.2 Å². The van der Waals surface area contributed by atoms with E-state index in [2.05, 4.69) is 15.9 Å². The molecule has 1 fully saturated rings. The van der Waals surface area contributed by atoms with Crippen molar-refractivity contribution >= 4 is 33.2 Å². The minimum absolute atomic E-state index is 0.0843. The summed E-state index contributed by atoms with van der Waals surface area (Å²) in [6.07, 6.45) is 0.587. The predicted octanol–water partition coefficient (Wildman–Crippen LogP) is 2.69. The van der Waals surface area contributed by atoms with Crippen LogP contribution in [0.15, 0.2) is 17.5 Å². The van der Waals surface area contributed by atoms with Crippen molar-refractivity contribution in [3.63, 3.8) is 0 Å². The summed E-state index contributed by atoms with van der Waals surface area (Å²) in [5.41, 5.74) is -0.262. The van der Waals surface area contributed by atoms with Crippen molar-refractivity contribution < 1.29 is 9.53 Å². The van der Waals surface area contributed by atoms with E-state index in [0.29, 0.717) is 19.5 Å². The maximum atomic E-state index is 12.3. The van der Waals surface area contributed by atoms with Crippen molar-refractivity contribution in [2.45, 2.75) is 32.0 Å². The fourth-order valence-electron chi connectivity index (χ4n) is 2.24. The number of carbonyl (C=O) groups excluding carboxylic acids is 1. The summed E-state index contributed by atoms with van der Waals surface area (Å²) in [5, 5.41) is 2.77. The number of halogens is 1. The highest BCUT2D eigenvalue weighted by Gasteiger charge is 2.34. The fourth-order valence-corrected chi connectivity index (χ4v) is 3.27. The molecule has 0 saturated carbocycles. The van der Waals surface area contributed by atoms with E-state index in [1.165, 1.54) is 0 Å². The SMILES string of the molecule is CC1(C)CN(C(=O)Cc2cccs2)CC(CBr)O1. The molecule has 0 spiro atoms. The molecule has 1 saturated heterocycles. The average Bonchev–Trinajstić information content (AvgIpc) is 2.79. The number of amides is 1. The first-order chi connectivity index (χ1) is 8.50. The van der Waals surface area contributed by atoms with Crippen molar-refractivity contribution in [3.05, 3.63) is 22.4 Å². The number of morpholine rings is 1.